The lowest BCUT2D eigenvalue weighted by Gasteiger charge is -2.19. The number of aliphatic hydroxyl groups excluding tert-OH is 1. The molecule has 1 aromatic heterocycles. The lowest BCUT2D eigenvalue weighted by molar-refractivity contribution is -0.131. The van der Waals surface area contributed by atoms with Crippen LogP contribution in [0.2, 0.25) is 0 Å². The van der Waals surface area contributed by atoms with Crippen LogP contribution in [0.5, 0.6) is 0 Å². The molecule has 1 aliphatic heterocycles. The molecule has 2 aliphatic rings. The summed E-state index contributed by atoms with van der Waals surface area (Å²) in [6.45, 7) is 3.18. The highest BCUT2D eigenvalue weighted by Gasteiger charge is 2.26. The molecule has 2 heterocycles. The molecule has 0 bridgehead atoms. The third-order valence-electron chi connectivity index (χ3n) is 4.05. The van der Waals surface area contributed by atoms with Crippen molar-refractivity contribution in [1.82, 2.24) is 14.9 Å². The molecule has 21 heavy (non-hydrogen) atoms. The molecule has 0 spiro atoms. The van der Waals surface area contributed by atoms with E-state index in [0.29, 0.717) is 19.1 Å². The molecular formula is C15H22N4O2. The number of anilines is 1. The van der Waals surface area contributed by atoms with Crippen molar-refractivity contribution in [2.24, 2.45) is 0 Å². The van der Waals surface area contributed by atoms with Gasteiger partial charge in [-0.25, -0.2) is 9.97 Å². The number of nitrogens with zero attached hydrogens (tertiary/aromatic N) is 3. The fourth-order valence-corrected chi connectivity index (χ4v) is 2.77. The van der Waals surface area contributed by atoms with Crippen LogP contribution in [0.3, 0.4) is 0 Å². The smallest absolute Gasteiger partial charge is 0.224 e. The highest BCUT2D eigenvalue weighted by molar-refractivity contribution is 5.76. The molecule has 0 saturated heterocycles. The number of rotatable bonds is 4. The van der Waals surface area contributed by atoms with E-state index in [2.05, 4.69) is 15.3 Å². The molecule has 0 aromatic carbocycles. The topological polar surface area (TPSA) is 78.4 Å². The van der Waals surface area contributed by atoms with Gasteiger partial charge in [0.2, 0.25) is 5.91 Å². The lowest BCUT2D eigenvalue weighted by atomic mass is 10.1. The third kappa shape index (κ3) is 3.32. The summed E-state index contributed by atoms with van der Waals surface area (Å²) in [5, 5.41) is 12.4. The number of hydrogen-bond acceptors (Lipinski definition) is 5. The highest BCUT2D eigenvalue weighted by atomic mass is 16.3. The average molecular weight is 290 g/mol. The quantitative estimate of drug-likeness (QED) is 0.852. The van der Waals surface area contributed by atoms with Crippen LogP contribution in [-0.2, 0) is 17.6 Å². The molecule has 6 nitrogen and oxygen atoms in total. The van der Waals surface area contributed by atoms with Crippen molar-refractivity contribution in [2.45, 2.75) is 45.1 Å². The molecule has 1 saturated carbocycles. The Balaban J connectivity index is 1.79. The number of carbonyl (C=O) groups excluding carboxylic acids is 1. The van der Waals surface area contributed by atoms with Gasteiger partial charge in [0.1, 0.15) is 11.6 Å². The predicted octanol–water partition coefficient (Wildman–Crippen LogP) is 0.669. The van der Waals surface area contributed by atoms with Crippen LogP contribution >= 0.6 is 0 Å². The number of nitrogens with one attached hydrogen (secondary N) is 1. The summed E-state index contributed by atoms with van der Waals surface area (Å²) in [4.78, 5) is 22.9. The molecule has 0 atom stereocenters. The van der Waals surface area contributed by atoms with E-state index >= 15 is 0 Å². The summed E-state index contributed by atoms with van der Waals surface area (Å²) in [6, 6.07) is 0.554. The summed E-state index contributed by atoms with van der Waals surface area (Å²) in [6.07, 6.45) is 4.16. The molecule has 6 heteroatoms. The Labute approximate surface area is 124 Å². The molecule has 1 fully saturated rings. The summed E-state index contributed by atoms with van der Waals surface area (Å²) in [5.74, 6) is 1.76. The van der Waals surface area contributed by atoms with Crippen molar-refractivity contribution in [1.29, 1.82) is 0 Å². The molecule has 1 aromatic rings. The van der Waals surface area contributed by atoms with Gasteiger partial charge in [0, 0.05) is 37.5 Å². The maximum absolute atomic E-state index is 12.0. The minimum Gasteiger partial charge on any atom is -0.396 e. The SMILES string of the molecule is Cc1nc2c(c(NC3CC3)n1)CCN(C(=O)CCO)CC2. The van der Waals surface area contributed by atoms with Crippen molar-refractivity contribution in [3.8, 4) is 0 Å². The zero-order valence-electron chi connectivity index (χ0n) is 12.4. The van der Waals surface area contributed by atoms with E-state index in [-0.39, 0.29) is 18.9 Å². The van der Waals surface area contributed by atoms with Crippen LogP contribution in [0.15, 0.2) is 0 Å². The number of fused-ring (bicyclic) bond motifs is 1. The van der Waals surface area contributed by atoms with Crippen LogP contribution in [0.1, 0.15) is 36.3 Å². The largest absolute Gasteiger partial charge is 0.396 e. The minimum atomic E-state index is -0.0876. The Bertz CT molecular complexity index is 543. The normalized spacial score (nSPS) is 18.1. The Morgan fingerprint density at radius 1 is 1.33 bits per heavy atom. The first-order valence-electron chi connectivity index (χ1n) is 7.69. The second kappa shape index (κ2) is 5.97. The zero-order valence-corrected chi connectivity index (χ0v) is 12.4. The molecule has 0 radical (unpaired) electrons. The highest BCUT2D eigenvalue weighted by Crippen LogP contribution is 2.28. The standard InChI is InChI=1S/C15H22N4O2/c1-10-16-13-5-8-19(14(21)6-9-20)7-4-12(13)15(17-10)18-11-2-3-11/h11,20H,2-9H2,1H3,(H,16,17,18). The fourth-order valence-electron chi connectivity index (χ4n) is 2.77. The van der Waals surface area contributed by atoms with E-state index in [1.165, 1.54) is 12.8 Å². The van der Waals surface area contributed by atoms with Crippen molar-refractivity contribution in [2.75, 3.05) is 25.0 Å². The second-order valence-electron chi connectivity index (χ2n) is 5.82. The van der Waals surface area contributed by atoms with Gasteiger partial charge < -0.3 is 15.3 Å². The van der Waals surface area contributed by atoms with Crippen LogP contribution in [0, 0.1) is 6.92 Å². The first-order chi connectivity index (χ1) is 10.2. The van der Waals surface area contributed by atoms with Gasteiger partial charge in [-0.2, -0.15) is 0 Å². The number of aryl methyl sites for hydroxylation is 1. The number of amides is 1. The minimum absolute atomic E-state index is 0.0201. The van der Waals surface area contributed by atoms with Crippen molar-refractivity contribution in [3.63, 3.8) is 0 Å². The molecule has 2 N–H and O–H groups in total. The second-order valence-corrected chi connectivity index (χ2v) is 5.82. The van der Waals surface area contributed by atoms with E-state index < -0.39 is 0 Å². The summed E-state index contributed by atoms with van der Waals surface area (Å²) >= 11 is 0. The fraction of sp³-hybridized carbons (Fsp3) is 0.667. The van der Waals surface area contributed by atoms with E-state index in [9.17, 15) is 4.79 Å². The maximum Gasteiger partial charge on any atom is 0.224 e. The summed E-state index contributed by atoms with van der Waals surface area (Å²) in [7, 11) is 0. The number of aromatic nitrogens is 2. The Kier molecular flexibility index (Phi) is 4.05. The van der Waals surface area contributed by atoms with E-state index in [1.54, 1.807) is 0 Å². The van der Waals surface area contributed by atoms with Crippen molar-refractivity contribution in [3.05, 3.63) is 17.1 Å². The molecule has 1 aliphatic carbocycles. The van der Waals surface area contributed by atoms with E-state index in [1.807, 2.05) is 11.8 Å². The Hall–Kier alpha value is -1.69. The zero-order chi connectivity index (χ0) is 14.8. The van der Waals surface area contributed by atoms with Gasteiger partial charge in [-0.05, 0) is 26.2 Å². The van der Waals surface area contributed by atoms with E-state index in [4.69, 9.17) is 5.11 Å². The monoisotopic (exact) mass is 290 g/mol. The number of hydrogen-bond donors (Lipinski definition) is 2. The van der Waals surface area contributed by atoms with Crippen molar-refractivity contribution >= 4 is 11.7 Å². The van der Waals surface area contributed by atoms with Crippen LogP contribution in [0.25, 0.3) is 0 Å². The Morgan fingerprint density at radius 2 is 2.10 bits per heavy atom. The van der Waals surface area contributed by atoms with E-state index in [0.717, 1.165) is 35.7 Å². The van der Waals surface area contributed by atoms with Gasteiger partial charge in [-0.1, -0.05) is 0 Å². The van der Waals surface area contributed by atoms with Crippen molar-refractivity contribution < 1.29 is 9.90 Å². The maximum atomic E-state index is 12.0. The lowest BCUT2D eigenvalue weighted by Crippen LogP contribution is -2.33. The van der Waals surface area contributed by atoms with Gasteiger partial charge in [0.25, 0.3) is 0 Å². The van der Waals surface area contributed by atoms with Gasteiger partial charge >= 0.3 is 0 Å². The first kappa shape index (κ1) is 14.3. The summed E-state index contributed by atoms with van der Waals surface area (Å²) < 4.78 is 0. The molecular weight excluding hydrogens is 268 g/mol. The summed E-state index contributed by atoms with van der Waals surface area (Å²) in [5.41, 5.74) is 2.22. The first-order valence-corrected chi connectivity index (χ1v) is 7.69. The van der Waals surface area contributed by atoms with Gasteiger partial charge in [0.05, 0.1) is 12.3 Å². The molecule has 3 rings (SSSR count). The predicted molar refractivity (Wildman–Crippen MR) is 79.1 cm³/mol. The number of aliphatic hydroxyl groups is 1. The van der Waals surface area contributed by atoms with Crippen LogP contribution in [-0.4, -0.2) is 51.6 Å². The average Bonchev–Trinajstić information content (AvgIpc) is 3.25. The molecule has 0 unspecified atom stereocenters. The molecule has 1 amide bonds. The van der Waals surface area contributed by atoms with Crippen LogP contribution < -0.4 is 5.32 Å². The van der Waals surface area contributed by atoms with Gasteiger partial charge in [-0.15, -0.1) is 0 Å². The van der Waals surface area contributed by atoms with Crippen LogP contribution in [0.4, 0.5) is 5.82 Å². The Morgan fingerprint density at radius 3 is 2.81 bits per heavy atom. The number of carbonyl (C=O) groups is 1. The third-order valence-corrected chi connectivity index (χ3v) is 4.05. The molecule has 114 valence electrons. The van der Waals surface area contributed by atoms with Gasteiger partial charge in [-0.3, -0.25) is 4.79 Å². The van der Waals surface area contributed by atoms with Gasteiger partial charge in [0.15, 0.2) is 0 Å².